The summed E-state index contributed by atoms with van der Waals surface area (Å²) in [6, 6.07) is 12.2. The van der Waals surface area contributed by atoms with Gasteiger partial charge in [0.05, 0.1) is 12.1 Å². The Bertz CT molecular complexity index is 930. The maximum Gasteiger partial charge on any atom is 0.251 e. The van der Waals surface area contributed by atoms with Crippen LogP contribution in [0.5, 0.6) is 0 Å². The molecule has 6 heteroatoms. The van der Waals surface area contributed by atoms with Gasteiger partial charge in [0, 0.05) is 18.3 Å². The van der Waals surface area contributed by atoms with Crippen LogP contribution in [-0.2, 0) is 6.54 Å². The number of halogens is 2. The predicted octanol–water partition coefficient (Wildman–Crippen LogP) is 4.50. The van der Waals surface area contributed by atoms with Crippen LogP contribution in [0.2, 0.25) is 0 Å². The quantitative estimate of drug-likeness (QED) is 0.707. The Morgan fingerprint density at radius 3 is 2.42 bits per heavy atom. The van der Waals surface area contributed by atoms with E-state index in [1.165, 1.54) is 24.3 Å². The van der Waals surface area contributed by atoms with Gasteiger partial charge in [-0.25, -0.2) is 8.78 Å². The molecule has 0 fully saturated rings. The van der Waals surface area contributed by atoms with E-state index in [0.29, 0.717) is 17.9 Å². The van der Waals surface area contributed by atoms with Crippen LogP contribution in [0.4, 0.5) is 14.5 Å². The van der Waals surface area contributed by atoms with Crippen molar-refractivity contribution < 1.29 is 18.0 Å². The van der Waals surface area contributed by atoms with Crippen LogP contribution in [-0.4, -0.2) is 13.0 Å². The molecule has 2 N–H and O–H groups in total. The standard InChI is InChI=1S/C20H18F2N2O2/c1-12-14(20(25)23-2)5-3-8-17(12)24-11-13-9-10-18(26-13)19-15(21)6-4-7-16(19)22/h3-10,24H,11H2,1-2H3,(H,23,25). The zero-order chi connectivity index (χ0) is 18.7. The molecule has 26 heavy (non-hydrogen) atoms. The Morgan fingerprint density at radius 2 is 1.73 bits per heavy atom. The van der Waals surface area contributed by atoms with E-state index in [1.807, 2.05) is 13.0 Å². The smallest absolute Gasteiger partial charge is 0.251 e. The molecule has 0 atom stereocenters. The molecule has 0 bridgehead atoms. The number of hydrogen-bond acceptors (Lipinski definition) is 3. The van der Waals surface area contributed by atoms with Crippen LogP contribution < -0.4 is 10.6 Å². The molecule has 3 rings (SSSR count). The first kappa shape index (κ1) is 17.7. The van der Waals surface area contributed by atoms with Crippen molar-refractivity contribution in [3.05, 3.63) is 77.1 Å². The fraction of sp³-hybridized carbons (Fsp3) is 0.150. The number of carbonyl (C=O) groups is 1. The predicted molar refractivity (Wildman–Crippen MR) is 96.0 cm³/mol. The molecular weight excluding hydrogens is 338 g/mol. The average molecular weight is 356 g/mol. The van der Waals surface area contributed by atoms with Crippen LogP contribution in [0.3, 0.4) is 0 Å². The lowest BCUT2D eigenvalue weighted by Crippen LogP contribution is -2.19. The van der Waals surface area contributed by atoms with Crippen LogP contribution >= 0.6 is 0 Å². The lowest BCUT2D eigenvalue weighted by atomic mass is 10.1. The molecule has 0 radical (unpaired) electrons. The lowest BCUT2D eigenvalue weighted by molar-refractivity contribution is 0.0962. The Hall–Kier alpha value is -3.15. The van der Waals surface area contributed by atoms with Crippen molar-refractivity contribution >= 4 is 11.6 Å². The molecule has 3 aromatic rings. The summed E-state index contributed by atoms with van der Waals surface area (Å²) in [6.07, 6.45) is 0. The third-order valence-corrected chi connectivity index (χ3v) is 4.13. The van der Waals surface area contributed by atoms with Gasteiger partial charge in [0.25, 0.3) is 5.91 Å². The highest BCUT2D eigenvalue weighted by Gasteiger charge is 2.15. The summed E-state index contributed by atoms with van der Waals surface area (Å²) in [4.78, 5) is 11.9. The zero-order valence-corrected chi connectivity index (χ0v) is 14.4. The highest BCUT2D eigenvalue weighted by molar-refractivity contribution is 5.96. The number of nitrogens with one attached hydrogen (secondary N) is 2. The van der Waals surface area contributed by atoms with Gasteiger partial charge in [-0.1, -0.05) is 12.1 Å². The monoisotopic (exact) mass is 356 g/mol. The number of carbonyl (C=O) groups excluding carboxylic acids is 1. The van der Waals surface area contributed by atoms with Crippen LogP contribution in [0, 0.1) is 18.6 Å². The van der Waals surface area contributed by atoms with Crippen molar-refractivity contribution in [3.63, 3.8) is 0 Å². The summed E-state index contributed by atoms with van der Waals surface area (Å²) in [5.41, 5.74) is 1.97. The van der Waals surface area contributed by atoms with E-state index >= 15 is 0 Å². The Labute approximate surface area is 149 Å². The molecule has 2 aromatic carbocycles. The van der Waals surface area contributed by atoms with Crippen molar-refractivity contribution in [2.75, 3.05) is 12.4 Å². The second-order valence-corrected chi connectivity index (χ2v) is 5.77. The van der Waals surface area contributed by atoms with Crippen LogP contribution in [0.1, 0.15) is 21.7 Å². The minimum absolute atomic E-state index is 0.133. The van der Waals surface area contributed by atoms with Crippen molar-refractivity contribution in [3.8, 4) is 11.3 Å². The second-order valence-electron chi connectivity index (χ2n) is 5.77. The number of anilines is 1. The lowest BCUT2D eigenvalue weighted by Gasteiger charge is -2.11. The second kappa shape index (κ2) is 7.39. The molecule has 1 heterocycles. The highest BCUT2D eigenvalue weighted by atomic mass is 19.1. The fourth-order valence-corrected chi connectivity index (χ4v) is 2.73. The molecule has 4 nitrogen and oxygen atoms in total. The first-order valence-corrected chi connectivity index (χ1v) is 8.10. The van der Waals surface area contributed by atoms with Gasteiger partial charge in [-0.15, -0.1) is 0 Å². The normalized spacial score (nSPS) is 10.6. The molecule has 134 valence electrons. The fourth-order valence-electron chi connectivity index (χ4n) is 2.73. The van der Waals surface area contributed by atoms with E-state index in [9.17, 15) is 13.6 Å². The molecular formula is C20H18F2N2O2. The third kappa shape index (κ3) is 3.44. The Kier molecular flexibility index (Phi) is 5.02. The summed E-state index contributed by atoms with van der Waals surface area (Å²) in [5.74, 6) is -0.858. The highest BCUT2D eigenvalue weighted by Crippen LogP contribution is 2.28. The van der Waals surface area contributed by atoms with Crippen molar-refractivity contribution in [1.82, 2.24) is 5.32 Å². The number of amides is 1. The van der Waals surface area contributed by atoms with Gasteiger partial charge in [0.2, 0.25) is 0 Å². The summed E-state index contributed by atoms with van der Waals surface area (Å²) in [6.45, 7) is 2.16. The zero-order valence-electron chi connectivity index (χ0n) is 14.4. The number of furan rings is 1. The first-order chi connectivity index (χ1) is 12.5. The van der Waals surface area contributed by atoms with Gasteiger partial charge in [-0.2, -0.15) is 0 Å². The molecule has 1 aromatic heterocycles. The van der Waals surface area contributed by atoms with Crippen molar-refractivity contribution in [2.24, 2.45) is 0 Å². The van der Waals surface area contributed by atoms with E-state index in [2.05, 4.69) is 10.6 Å². The summed E-state index contributed by atoms with van der Waals surface area (Å²) >= 11 is 0. The van der Waals surface area contributed by atoms with Gasteiger partial charge in [0.15, 0.2) is 0 Å². The molecule has 0 unspecified atom stereocenters. The maximum atomic E-state index is 13.8. The van der Waals surface area contributed by atoms with Gasteiger partial charge in [-0.3, -0.25) is 4.79 Å². The summed E-state index contributed by atoms with van der Waals surface area (Å²) in [7, 11) is 1.58. The van der Waals surface area contributed by atoms with Crippen molar-refractivity contribution in [2.45, 2.75) is 13.5 Å². The van der Waals surface area contributed by atoms with E-state index in [0.717, 1.165) is 11.3 Å². The number of hydrogen-bond donors (Lipinski definition) is 2. The van der Waals surface area contributed by atoms with Gasteiger partial charge in [-0.05, 0) is 48.9 Å². The molecule has 1 amide bonds. The van der Waals surface area contributed by atoms with E-state index < -0.39 is 11.6 Å². The van der Waals surface area contributed by atoms with Gasteiger partial charge < -0.3 is 15.1 Å². The summed E-state index contributed by atoms with van der Waals surface area (Å²) < 4.78 is 33.3. The number of rotatable bonds is 5. The molecule has 0 saturated heterocycles. The molecule has 0 saturated carbocycles. The topological polar surface area (TPSA) is 54.3 Å². The van der Waals surface area contributed by atoms with E-state index in [1.54, 1.807) is 25.2 Å². The molecule has 0 aliphatic rings. The van der Waals surface area contributed by atoms with Crippen LogP contribution in [0.15, 0.2) is 52.9 Å². The third-order valence-electron chi connectivity index (χ3n) is 4.13. The average Bonchev–Trinajstić information content (AvgIpc) is 3.08. The number of benzene rings is 2. The van der Waals surface area contributed by atoms with Gasteiger partial charge in [0.1, 0.15) is 23.2 Å². The van der Waals surface area contributed by atoms with E-state index in [-0.39, 0.29) is 17.2 Å². The molecule has 0 aliphatic heterocycles. The SMILES string of the molecule is CNC(=O)c1cccc(NCc2ccc(-c3c(F)cccc3F)o2)c1C. The minimum atomic E-state index is -0.673. The van der Waals surface area contributed by atoms with Gasteiger partial charge >= 0.3 is 0 Å². The van der Waals surface area contributed by atoms with Crippen LogP contribution in [0.25, 0.3) is 11.3 Å². The minimum Gasteiger partial charge on any atom is -0.459 e. The Balaban J connectivity index is 1.78. The largest absolute Gasteiger partial charge is 0.459 e. The molecule has 0 aliphatic carbocycles. The van der Waals surface area contributed by atoms with Crippen molar-refractivity contribution in [1.29, 1.82) is 0 Å². The first-order valence-electron chi connectivity index (χ1n) is 8.10. The van der Waals surface area contributed by atoms with E-state index in [4.69, 9.17) is 4.42 Å². The maximum absolute atomic E-state index is 13.8. The Morgan fingerprint density at radius 1 is 1.04 bits per heavy atom. The molecule has 0 spiro atoms. The summed E-state index contributed by atoms with van der Waals surface area (Å²) in [5, 5.41) is 5.78.